The van der Waals surface area contributed by atoms with Gasteiger partial charge in [-0.05, 0) is 12.8 Å². The molecule has 1 heterocycles. The zero-order valence-corrected chi connectivity index (χ0v) is 7.81. The van der Waals surface area contributed by atoms with Crippen molar-refractivity contribution in [3.8, 4) is 0 Å². The number of aliphatic carboxylic acids is 1. The molecule has 0 atom stereocenters. The van der Waals surface area contributed by atoms with Crippen molar-refractivity contribution in [1.82, 2.24) is 5.06 Å². The first-order chi connectivity index (χ1) is 6.68. The largest absolute Gasteiger partial charge is 0.478 e. The van der Waals surface area contributed by atoms with Crippen LogP contribution in [0.25, 0.3) is 0 Å². The molecule has 78 valence electrons. The molecule has 1 rings (SSSR count). The van der Waals surface area contributed by atoms with Gasteiger partial charge in [0.05, 0.1) is 0 Å². The van der Waals surface area contributed by atoms with E-state index in [1.165, 1.54) is 0 Å². The van der Waals surface area contributed by atoms with Crippen LogP contribution in [0.2, 0.25) is 0 Å². The molecule has 0 aromatic heterocycles. The highest BCUT2D eigenvalue weighted by Crippen LogP contribution is 2.08. The van der Waals surface area contributed by atoms with E-state index in [9.17, 15) is 9.59 Å². The number of piperidine rings is 1. The standard InChI is InChI=1S/C9H13NO4/c11-8(12)4-5-9(13)14-10-6-2-1-3-7-10/h4-5H,1-3,6-7H2,(H,11,12)/b5-4+. The summed E-state index contributed by atoms with van der Waals surface area (Å²) >= 11 is 0. The molecular weight excluding hydrogens is 186 g/mol. The predicted octanol–water partition coefficient (Wildman–Crippen LogP) is 0.571. The monoisotopic (exact) mass is 199 g/mol. The summed E-state index contributed by atoms with van der Waals surface area (Å²) in [7, 11) is 0. The minimum atomic E-state index is -1.15. The molecule has 0 radical (unpaired) electrons. The fraction of sp³-hybridized carbons (Fsp3) is 0.556. The molecule has 0 saturated carbocycles. The zero-order valence-electron chi connectivity index (χ0n) is 7.81. The Balaban J connectivity index is 2.28. The SMILES string of the molecule is O=C(O)/C=C/C(=O)ON1CCCCC1. The van der Waals surface area contributed by atoms with E-state index in [0.717, 1.165) is 44.5 Å². The Hall–Kier alpha value is -1.36. The molecule has 0 aromatic carbocycles. The smallest absolute Gasteiger partial charge is 0.349 e. The van der Waals surface area contributed by atoms with Crippen LogP contribution < -0.4 is 0 Å². The van der Waals surface area contributed by atoms with E-state index in [2.05, 4.69) is 0 Å². The van der Waals surface area contributed by atoms with E-state index < -0.39 is 11.9 Å². The number of nitrogens with zero attached hydrogens (tertiary/aromatic N) is 1. The molecule has 1 aliphatic heterocycles. The van der Waals surface area contributed by atoms with Gasteiger partial charge in [-0.25, -0.2) is 9.59 Å². The molecule has 0 aromatic rings. The first kappa shape index (κ1) is 10.7. The van der Waals surface area contributed by atoms with Crippen molar-refractivity contribution >= 4 is 11.9 Å². The van der Waals surface area contributed by atoms with E-state index in [0.29, 0.717) is 0 Å². The minimum absolute atomic E-state index is 0.630. The van der Waals surface area contributed by atoms with Crippen molar-refractivity contribution < 1.29 is 19.5 Å². The summed E-state index contributed by atoms with van der Waals surface area (Å²) in [6.07, 6.45) is 4.86. The maximum absolute atomic E-state index is 11.0. The van der Waals surface area contributed by atoms with Crippen LogP contribution in [0.15, 0.2) is 12.2 Å². The first-order valence-corrected chi connectivity index (χ1v) is 4.56. The van der Waals surface area contributed by atoms with Crippen LogP contribution in [0.4, 0.5) is 0 Å². The second-order valence-corrected chi connectivity index (χ2v) is 3.07. The van der Waals surface area contributed by atoms with Crippen molar-refractivity contribution in [1.29, 1.82) is 0 Å². The number of carboxylic acids is 1. The number of hydrogen-bond acceptors (Lipinski definition) is 4. The van der Waals surface area contributed by atoms with Gasteiger partial charge in [-0.15, -0.1) is 5.06 Å². The van der Waals surface area contributed by atoms with Crippen molar-refractivity contribution in [3.05, 3.63) is 12.2 Å². The van der Waals surface area contributed by atoms with Gasteiger partial charge in [0.1, 0.15) is 0 Å². The molecule has 5 nitrogen and oxygen atoms in total. The molecule has 0 bridgehead atoms. The van der Waals surface area contributed by atoms with Crippen molar-refractivity contribution in [3.63, 3.8) is 0 Å². The molecule has 0 aliphatic carbocycles. The molecule has 1 aliphatic rings. The highest BCUT2D eigenvalue weighted by Gasteiger charge is 2.13. The van der Waals surface area contributed by atoms with Crippen LogP contribution in [-0.4, -0.2) is 35.2 Å². The topological polar surface area (TPSA) is 66.8 Å². The lowest BCUT2D eigenvalue weighted by molar-refractivity contribution is -0.188. The molecule has 0 unspecified atom stereocenters. The average molecular weight is 199 g/mol. The van der Waals surface area contributed by atoms with Gasteiger partial charge in [0, 0.05) is 25.2 Å². The number of carbonyl (C=O) groups excluding carboxylic acids is 1. The maximum atomic E-state index is 11.0. The highest BCUT2D eigenvalue weighted by molar-refractivity contribution is 5.90. The number of carbonyl (C=O) groups is 2. The van der Waals surface area contributed by atoms with Crippen LogP contribution in [0.3, 0.4) is 0 Å². The van der Waals surface area contributed by atoms with Crippen LogP contribution in [0.5, 0.6) is 0 Å². The van der Waals surface area contributed by atoms with Gasteiger partial charge in [-0.2, -0.15) is 0 Å². The van der Waals surface area contributed by atoms with Crippen LogP contribution in [0, 0.1) is 0 Å². The third-order valence-corrected chi connectivity index (χ3v) is 1.90. The quantitative estimate of drug-likeness (QED) is 0.673. The van der Waals surface area contributed by atoms with Crippen LogP contribution in [-0.2, 0) is 14.4 Å². The number of rotatable bonds is 3. The fourth-order valence-electron chi connectivity index (χ4n) is 1.25. The molecule has 14 heavy (non-hydrogen) atoms. The summed E-state index contributed by atoms with van der Waals surface area (Å²) in [6, 6.07) is 0. The van der Waals surface area contributed by atoms with Crippen molar-refractivity contribution in [2.24, 2.45) is 0 Å². The lowest BCUT2D eigenvalue weighted by Gasteiger charge is -2.23. The zero-order chi connectivity index (χ0) is 10.4. The summed E-state index contributed by atoms with van der Waals surface area (Å²) in [5.74, 6) is -1.78. The van der Waals surface area contributed by atoms with E-state index in [1.54, 1.807) is 5.06 Å². The van der Waals surface area contributed by atoms with Gasteiger partial charge < -0.3 is 9.94 Å². The lowest BCUT2D eigenvalue weighted by Crippen LogP contribution is -2.31. The lowest BCUT2D eigenvalue weighted by atomic mass is 10.2. The van der Waals surface area contributed by atoms with Gasteiger partial charge in [0.25, 0.3) is 0 Å². The summed E-state index contributed by atoms with van der Waals surface area (Å²) in [5, 5.41) is 9.83. The fourth-order valence-corrected chi connectivity index (χ4v) is 1.25. The number of carboxylic acid groups (broad SMARTS) is 1. The van der Waals surface area contributed by atoms with Gasteiger partial charge in [-0.1, -0.05) is 6.42 Å². The molecule has 1 saturated heterocycles. The molecule has 1 fully saturated rings. The molecule has 1 N–H and O–H groups in total. The summed E-state index contributed by atoms with van der Waals surface area (Å²) in [4.78, 5) is 26.0. The van der Waals surface area contributed by atoms with Crippen molar-refractivity contribution in [2.45, 2.75) is 19.3 Å². The minimum Gasteiger partial charge on any atom is -0.478 e. The third kappa shape index (κ3) is 4.04. The van der Waals surface area contributed by atoms with E-state index >= 15 is 0 Å². The molecule has 0 amide bonds. The van der Waals surface area contributed by atoms with Gasteiger partial charge in [-0.3, -0.25) is 0 Å². The Morgan fingerprint density at radius 1 is 1.14 bits per heavy atom. The van der Waals surface area contributed by atoms with E-state index in [1.807, 2.05) is 0 Å². The Morgan fingerprint density at radius 3 is 2.36 bits per heavy atom. The molecular formula is C9H13NO4. The maximum Gasteiger partial charge on any atom is 0.349 e. The molecule has 0 spiro atoms. The summed E-state index contributed by atoms with van der Waals surface area (Å²) in [5.41, 5.74) is 0. The van der Waals surface area contributed by atoms with Crippen molar-refractivity contribution in [2.75, 3.05) is 13.1 Å². The summed E-state index contributed by atoms with van der Waals surface area (Å²) < 4.78 is 0. The Bertz CT molecular complexity index is 243. The first-order valence-electron chi connectivity index (χ1n) is 4.56. The van der Waals surface area contributed by atoms with Crippen LogP contribution in [0.1, 0.15) is 19.3 Å². The van der Waals surface area contributed by atoms with Gasteiger partial charge in [0.2, 0.25) is 0 Å². The number of hydrogen-bond donors (Lipinski definition) is 1. The Morgan fingerprint density at radius 2 is 1.79 bits per heavy atom. The normalized spacial score (nSPS) is 18.3. The average Bonchev–Trinajstić information content (AvgIpc) is 2.16. The van der Waals surface area contributed by atoms with Gasteiger partial charge >= 0.3 is 11.9 Å². The van der Waals surface area contributed by atoms with E-state index in [4.69, 9.17) is 9.94 Å². The molecule has 5 heteroatoms. The second-order valence-electron chi connectivity index (χ2n) is 3.07. The Labute approximate surface area is 81.9 Å². The second kappa shape index (κ2) is 5.39. The summed E-state index contributed by atoms with van der Waals surface area (Å²) in [6.45, 7) is 1.46. The predicted molar refractivity (Wildman–Crippen MR) is 48.3 cm³/mol. The van der Waals surface area contributed by atoms with E-state index in [-0.39, 0.29) is 0 Å². The van der Waals surface area contributed by atoms with Gasteiger partial charge in [0.15, 0.2) is 0 Å². The van der Waals surface area contributed by atoms with Crippen LogP contribution >= 0.6 is 0 Å². The Kier molecular flexibility index (Phi) is 4.12. The highest BCUT2D eigenvalue weighted by atomic mass is 16.7. The third-order valence-electron chi connectivity index (χ3n) is 1.90. The number of hydroxylamine groups is 2.